The van der Waals surface area contributed by atoms with E-state index in [9.17, 15) is 20.2 Å². The average Bonchev–Trinajstić information content (AvgIpc) is 3.05. The molecule has 0 aromatic heterocycles. The molecule has 0 aliphatic heterocycles. The lowest BCUT2D eigenvalue weighted by Crippen LogP contribution is -2.15. The fraction of sp³-hybridized carbons (Fsp3) is 0.824. The Bertz CT molecular complexity index is 876. The van der Waals surface area contributed by atoms with Gasteiger partial charge in [0, 0.05) is 19.2 Å². The van der Waals surface area contributed by atoms with E-state index in [0.717, 1.165) is 19.1 Å². The summed E-state index contributed by atoms with van der Waals surface area (Å²) in [4.78, 5) is 20.6. The highest BCUT2D eigenvalue weighted by atomic mass is 16.6. The topological polar surface area (TPSA) is 144 Å². The Labute approximate surface area is 276 Å². The number of benzene rings is 1. The maximum Gasteiger partial charge on any atom is 0.299 e. The molecule has 266 valence electrons. The number of anilines is 1. The fourth-order valence-electron chi connectivity index (χ4n) is 4.93. The molecule has 1 N–H and O–H groups in total. The third-order valence-electron chi connectivity index (χ3n) is 7.58. The van der Waals surface area contributed by atoms with Gasteiger partial charge in [0.2, 0.25) is 0 Å². The van der Waals surface area contributed by atoms with Gasteiger partial charge in [0.15, 0.2) is 0 Å². The second kappa shape index (κ2) is 31.2. The van der Waals surface area contributed by atoms with Crippen molar-refractivity contribution in [3.63, 3.8) is 0 Å². The average molecular weight is 656 g/mol. The molecular formula is C34H61N3O9. The van der Waals surface area contributed by atoms with E-state index < -0.39 is 9.85 Å². The van der Waals surface area contributed by atoms with E-state index in [-0.39, 0.29) is 17.1 Å². The molecule has 1 rings (SSSR count). The largest absolute Gasteiger partial charge is 0.379 e. The second-order valence-corrected chi connectivity index (χ2v) is 11.5. The van der Waals surface area contributed by atoms with E-state index >= 15 is 0 Å². The first-order chi connectivity index (χ1) is 22.6. The third kappa shape index (κ3) is 24.8. The van der Waals surface area contributed by atoms with Gasteiger partial charge in [0.05, 0.1) is 75.4 Å². The van der Waals surface area contributed by atoms with Crippen LogP contribution in [0.3, 0.4) is 0 Å². The smallest absolute Gasteiger partial charge is 0.299 e. The number of ether oxygens (including phenoxy) is 5. The van der Waals surface area contributed by atoms with Crippen LogP contribution in [0.4, 0.5) is 17.1 Å². The van der Waals surface area contributed by atoms with Crippen molar-refractivity contribution in [2.24, 2.45) is 0 Å². The molecule has 0 saturated carbocycles. The fourth-order valence-corrected chi connectivity index (χ4v) is 4.93. The monoisotopic (exact) mass is 655 g/mol. The Kier molecular flexibility index (Phi) is 28.3. The minimum Gasteiger partial charge on any atom is -0.379 e. The summed E-state index contributed by atoms with van der Waals surface area (Å²) >= 11 is 0. The van der Waals surface area contributed by atoms with Crippen LogP contribution >= 0.6 is 0 Å². The van der Waals surface area contributed by atoms with Crippen LogP contribution in [0.5, 0.6) is 0 Å². The van der Waals surface area contributed by atoms with Crippen molar-refractivity contribution in [3.05, 3.63) is 38.4 Å². The molecule has 0 bridgehead atoms. The number of hydrogen-bond acceptors (Lipinski definition) is 10. The van der Waals surface area contributed by atoms with Gasteiger partial charge in [-0.3, -0.25) is 20.2 Å². The van der Waals surface area contributed by atoms with E-state index in [1.54, 1.807) is 0 Å². The molecule has 1 aromatic rings. The minimum atomic E-state index is -0.669. The Morgan fingerprint density at radius 1 is 0.522 bits per heavy atom. The molecule has 0 radical (unpaired) electrons. The van der Waals surface area contributed by atoms with Gasteiger partial charge >= 0.3 is 0 Å². The van der Waals surface area contributed by atoms with E-state index in [0.29, 0.717) is 66.0 Å². The van der Waals surface area contributed by atoms with Crippen molar-refractivity contribution < 1.29 is 33.5 Å². The van der Waals surface area contributed by atoms with Crippen LogP contribution in [0.25, 0.3) is 0 Å². The molecule has 1 aromatic carbocycles. The number of nitro groups is 2. The zero-order chi connectivity index (χ0) is 33.3. The normalized spacial score (nSPS) is 11.2. The lowest BCUT2D eigenvalue weighted by molar-refractivity contribution is -0.393. The number of non-ortho nitro benzene ring substituents is 1. The summed E-state index contributed by atoms with van der Waals surface area (Å²) in [6.45, 7) is 7.57. The number of nitro benzene ring substituents is 2. The zero-order valence-electron chi connectivity index (χ0n) is 28.4. The van der Waals surface area contributed by atoms with Gasteiger partial charge in [-0.1, -0.05) is 103 Å². The van der Waals surface area contributed by atoms with Gasteiger partial charge in [-0.2, -0.15) is 0 Å². The third-order valence-corrected chi connectivity index (χ3v) is 7.58. The predicted molar refractivity (Wildman–Crippen MR) is 182 cm³/mol. The van der Waals surface area contributed by atoms with E-state index in [2.05, 4.69) is 12.2 Å². The highest BCUT2D eigenvalue weighted by Gasteiger charge is 2.19. The summed E-state index contributed by atoms with van der Waals surface area (Å²) < 4.78 is 27.6. The van der Waals surface area contributed by atoms with Crippen molar-refractivity contribution in [1.82, 2.24) is 0 Å². The summed E-state index contributed by atoms with van der Waals surface area (Å²) in [5.74, 6) is 0. The minimum absolute atomic E-state index is 0.203. The van der Waals surface area contributed by atoms with Crippen LogP contribution < -0.4 is 5.32 Å². The van der Waals surface area contributed by atoms with Crippen molar-refractivity contribution >= 4 is 17.1 Å². The Hall–Kier alpha value is -2.38. The quantitative estimate of drug-likeness (QED) is 0.0431. The molecule has 0 aliphatic rings. The van der Waals surface area contributed by atoms with Gasteiger partial charge in [-0.05, 0) is 12.5 Å². The van der Waals surface area contributed by atoms with E-state index in [1.165, 1.54) is 108 Å². The summed E-state index contributed by atoms with van der Waals surface area (Å²) in [6, 6.07) is 3.47. The molecule has 12 nitrogen and oxygen atoms in total. The molecule has 12 heteroatoms. The Morgan fingerprint density at radius 2 is 0.913 bits per heavy atom. The SMILES string of the molecule is CCCCCCCCCCCCCCCCCCOCCOCCOCCOCCOCCNc1ccc([N+](=O)[O-])cc1[N+](=O)[O-]. The predicted octanol–water partition coefficient (Wildman–Crippen LogP) is 8.26. The van der Waals surface area contributed by atoms with Gasteiger partial charge in [-0.25, -0.2) is 0 Å². The van der Waals surface area contributed by atoms with Crippen molar-refractivity contribution in [2.45, 2.75) is 110 Å². The van der Waals surface area contributed by atoms with E-state index in [4.69, 9.17) is 23.7 Å². The van der Waals surface area contributed by atoms with Gasteiger partial charge in [0.25, 0.3) is 11.4 Å². The maximum atomic E-state index is 11.1. The van der Waals surface area contributed by atoms with Crippen molar-refractivity contribution in [3.8, 4) is 0 Å². The summed E-state index contributed by atoms with van der Waals surface area (Å²) in [5, 5.41) is 24.8. The molecule has 0 spiro atoms. The van der Waals surface area contributed by atoms with Crippen LogP contribution in [0, 0.1) is 20.2 Å². The number of hydrogen-bond donors (Lipinski definition) is 1. The second-order valence-electron chi connectivity index (χ2n) is 11.5. The summed E-state index contributed by atoms with van der Waals surface area (Å²) in [7, 11) is 0. The molecule has 0 saturated heterocycles. The molecule has 0 heterocycles. The molecule has 0 fully saturated rings. The standard InChI is InChI=1S/C34H61N3O9/c1-2-3-4-5-6-7-8-9-10-11-12-13-14-15-16-17-21-42-23-25-44-27-29-46-30-28-45-26-24-43-22-20-35-33-19-18-32(36(38)39)31-34(33)37(40)41/h18-19,31,35H,2-17,20-30H2,1H3. The first-order valence-electron chi connectivity index (χ1n) is 17.6. The number of unbranched alkanes of at least 4 members (excludes halogenated alkanes) is 15. The van der Waals surface area contributed by atoms with Crippen LogP contribution in [0.15, 0.2) is 18.2 Å². The molecule has 0 aliphatic carbocycles. The lowest BCUT2D eigenvalue weighted by atomic mass is 10.0. The number of nitrogens with zero attached hydrogens (tertiary/aromatic N) is 2. The first-order valence-corrected chi connectivity index (χ1v) is 17.6. The first kappa shape index (κ1) is 41.6. The number of rotatable bonds is 35. The van der Waals surface area contributed by atoms with Crippen molar-refractivity contribution in [1.29, 1.82) is 0 Å². The molecular weight excluding hydrogens is 594 g/mol. The van der Waals surface area contributed by atoms with Crippen molar-refractivity contribution in [2.75, 3.05) is 77.9 Å². The van der Waals surface area contributed by atoms with E-state index in [1.807, 2.05) is 0 Å². The Balaban J connectivity index is 1.74. The van der Waals surface area contributed by atoms with Crippen LogP contribution in [-0.2, 0) is 23.7 Å². The van der Waals surface area contributed by atoms with Crippen LogP contribution in [-0.4, -0.2) is 82.5 Å². The molecule has 0 amide bonds. The van der Waals surface area contributed by atoms with Crippen LogP contribution in [0.2, 0.25) is 0 Å². The van der Waals surface area contributed by atoms with Crippen LogP contribution in [0.1, 0.15) is 110 Å². The lowest BCUT2D eigenvalue weighted by Gasteiger charge is -2.09. The molecule has 46 heavy (non-hydrogen) atoms. The summed E-state index contributed by atoms with van der Waals surface area (Å²) in [5.41, 5.74) is -0.477. The van der Waals surface area contributed by atoms with Gasteiger partial charge in [0.1, 0.15) is 5.69 Å². The zero-order valence-corrected chi connectivity index (χ0v) is 28.4. The number of nitrogens with one attached hydrogen (secondary N) is 1. The highest BCUT2D eigenvalue weighted by Crippen LogP contribution is 2.28. The molecule has 0 unspecified atom stereocenters. The maximum absolute atomic E-state index is 11.1. The summed E-state index contributed by atoms with van der Waals surface area (Å²) in [6.07, 6.45) is 21.9. The van der Waals surface area contributed by atoms with Gasteiger partial charge < -0.3 is 29.0 Å². The molecule has 0 atom stereocenters. The Morgan fingerprint density at radius 3 is 1.33 bits per heavy atom. The van der Waals surface area contributed by atoms with Gasteiger partial charge in [-0.15, -0.1) is 0 Å². The highest BCUT2D eigenvalue weighted by molar-refractivity contribution is 5.65.